The number of hydrogen-bond donors (Lipinski definition) is 2. The number of carboxylic acids is 1. The third-order valence-electron chi connectivity index (χ3n) is 1.00. The number of nitrogens with two attached hydrogens (primary N) is 1. The van der Waals surface area contributed by atoms with Gasteiger partial charge >= 0.3 is 5.97 Å². The first-order valence-corrected chi connectivity index (χ1v) is 3.98. The minimum Gasteiger partial charge on any atom is -0.480 e. The van der Waals surface area contributed by atoms with Crippen molar-refractivity contribution in [2.24, 2.45) is 11.7 Å². The van der Waals surface area contributed by atoms with Crippen molar-refractivity contribution in [3.8, 4) is 12.1 Å². The van der Waals surface area contributed by atoms with Gasteiger partial charge in [0.25, 0.3) is 0 Å². The van der Waals surface area contributed by atoms with Gasteiger partial charge in [-0.2, -0.15) is 10.5 Å². The average Bonchev–Trinajstić information content (AvgIpc) is 2.05. The second kappa shape index (κ2) is 14.0. The lowest BCUT2D eigenvalue weighted by Crippen LogP contribution is -2.34. The van der Waals surface area contributed by atoms with E-state index in [-0.39, 0.29) is 5.92 Å². The number of hydrogen-bond acceptors (Lipinski definition) is 4. The Balaban J connectivity index is -0.000000168. The molecule has 0 amide bonds. The molecule has 0 saturated heterocycles. The Morgan fingerprint density at radius 3 is 1.50 bits per heavy atom. The normalized spacial score (nSPS) is 9.14. The van der Waals surface area contributed by atoms with E-state index in [4.69, 9.17) is 21.4 Å². The third-order valence-corrected chi connectivity index (χ3v) is 1.00. The number of rotatable bonds is 2. The van der Waals surface area contributed by atoms with Crippen LogP contribution in [0, 0.1) is 28.6 Å². The molecule has 80 valence electrons. The average molecular weight is 199 g/mol. The van der Waals surface area contributed by atoms with E-state index < -0.39 is 12.0 Å². The Labute approximate surface area is 84.8 Å². The first kappa shape index (κ1) is 18.2. The highest BCUT2D eigenvalue weighted by Crippen LogP contribution is 1.96. The molecule has 5 nitrogen and oxygen atoms in total. The Kier molecular flexibility index (Phi) is 18.2. The number of carbonyl (C=O) groups is 1. The first-order valence-electron chi connectivity index (χ1n) is 3.98. The van der Waals surface area contributed by atoms with Gasteiger partial charge < -0.3 is 10.8 Å². The molecule has 0 fully saturated rings. The maximum atomic E-state index is 10.0. The van der Waals surface area contributed by atoms with E-state index in [0.29, 0.717) is 0 Å². The van der Waals surface area contributed by atoms with Crippen molar-refractivity contribution in [3.05, 3.63) is 0 Å². The van der Waals surface area contributed by atoms with Gasteiger partial charge in [-0.3, -0.25) is 4.79 Å². The summed E-state index contributed by atoms with van der Waals surface area (Å²) in [5, 5.41) is 22.9. The minimum absolute atomic E-state index is 0.0208. The molecule has 5 heteroatoms. The smallest absolute Gasteiger partial charge is 0.320 e. The Morgan fingerprint density at radius 1 is 1.29 bits per heavy atom. The molecule has 0 spiro atoms. The maximum absolute atomic E-state index is 10.0. The first-order chi connectivity index (χ1) is 6.38. The molecule has 0 rings (SSSR count). The Hall–Kier alpha value is -1.59. The zero-order valence-electron chi connectivity index (χ0n) is 8.98. The van der Waals surface area contributed by atoms with E-state index in [2.05, 4.69) is 0 Å². The molecular formula is C9H17N3O2. The SMILES string of the molecule is CC#N.CC#N.CC(C)C(N)C(=O)O. The topological polar surface area (TPSA) is 111 Å². The van der Waals surface area contributed by atoms with E-state index in [9.17, 15) is 4.79 Å². The standard InChI is InChI=1S/C5H11NO2.2C2H3N/c1-3(2)4(6)5(7)8;2*1-2-3/h3-4H,6H2,1-2H3,(H,7,8);2*1H3. The van der Waals surface area contributed by atoms with E-state index in [1.807, 2.05) is 0 Å². The molecule has 0 aromatic rings. The minimum atomic E-state index is -0.931. The fraction of sp³-hybridized carbons (Fsp3) is 0.667. The lowest BCUT2D eigenvalue weighted by Gasteiger charge is -2.07. The summed E-state index contributed by atoms with van der Waals surface area (Å²) in [7, 11) is 0. The van der Waals surface area contributed by atoms with Crippen LogP contribution in [0.3, 0.4) is 0 Å². The van der Waals surface area contributed by atoms with Crippen LogP contribution in [0.5, 0.6) is 0 Å². The Morgan fingerprint density at radius 2 is 1.50 bits per heavy atom. The molecule has 0 aliphatic heterocycles. The monoisotopic (exact) mass is 199 g/mol. The van der Waals surface area contributed by atoms with Crippen LogP contribution in [0.15, 0.2) is 0 Å². The van der Waals surface area contributed by atoms with Crippen LogP contribution in [-0.4, -0.2) is 17.1 Å². The summed E-state index contributed by atoms with van der Waals surface area (Å²) in [5.74, 6) is -0.910. The fourth-order valence-electron chi connectivity index (χ4n) is 0.285. The summed E-state index contributed by atoms with van der Waals surface area (Å²) < 4.78 is 0. The van der Waals surface area contributed by atoms with E-state index in [1.54, 1.807) is 26.0 Å². The van der Waals surface area contributed by atoms with Crippen molar-refractivity contribution in [2.75, 3.05) is 0 Å². The van der Waals surface area contributed by atoms with Gasteiger partial charge in [0.15, 0.2) is 0 Å². The van der Waals surface area contributed by atoms with Crippen molar-refractivity contribution in [1.82, 2.24) is 0 Å². The second-order valence-electron chi connectivity index (χ2n) is 2.56. The zero-order chi connectivity index (χ0) is 12.1. The maximum Gasteiger partial charge on any atom is 0.320 e. The molecule has 14 heavy (non-hydrogen) atoms. The number of aliphatic carboxylic acids is 1. The van der Waals surface area contributed by atoms with Crippen LogP contribution in [0.1, 0.15) is 27.7 Å². The molecule has 0 aliphatic carbocycles. The highest BCUT2D eigenvalue weighted by molar-refractivity contribution is 5.73. The van der Waals surface area contributed by atoms with Crippen molar-refractivity contribution >= 4 is 5.97 Å². The lowest BCUT2D eigenvalue weighted by atomic mass is 10.1. The highest BCUT2D eigenvalue weighted by Gasteiger charge is 2.14. The van der Waals surface area contributed by atoms with Crippen LogP contribution >= 0.6 is 0 Å². The predicted molar refractivity (Wildman–Crippen MR) is 53.0 cm³/mol. The highest BCUT2D eigenvalue weighted by atomic mass is 16.4. The summed E-state index contributed by atoms with van der Waals surface area (Å²) >= 11 is 0. The van der Waals surface area contributed by atoms with E-state index in [0.717, 1.165) is 0 Å². The zero-order valence-corrected chi connectivity index (χ0v) is 8.98. The van der Waals surface area contributed by atoms with Gasteiger partial charge in [0.05, 0.1) is 12.1 Å². The summed E-state index contributed by atoms with van der Waals surface area (Å²) in [4.78, 5) is 10.0. The van der Waals surface area contributed by atoms with Crippen LogP contribution < -0.4 is 5.73 Å². The van der Waals surface area contributed by atoms with Gasteiger partial charge in [-0.05, 0) is 5.92 Å². The molecule has 3 N–H and O–H groups in total. The van der Waals surface area contributed by atoms with Gasteiger partial charge in [0.2, 0.25) is 0 Å². The van der Waals surface area contributed by atoms with Gasteiger partial charge in [-0.15, -0.1) is 0 Å². The van der Waals surface area contributed by atoms with Crippen LogP contribution in [-0.2, 0) is 4.79 Å². The lowest BCUT2D eigenvalue weighted by molar-refractivity contribution is -0.139. The quantitative estimate of drug-likeness (QED) is 0.692. The molecular weight excluding hydrogens is 182 g/mol. The number of carboxylic acid groups (broad SMARTS) is 1. The largest absolute Gasteiger partial charge is 0.480 e. The molecule has 0 saturated carbocycles. The third kappa shape index (κ3) is 22.4. The number of nitriles is 2. The van der Waals surface area contributed by atoms with E-state index >= 15 is 0 Å². The van der Waals surface area contributed by atoms with Gasteiger partial charge in [-0.1, -0.05) is 13.8 Å². The molecule has 0 heterocycles. The van der Waals surface area contributed by atoms with Crippen LogP contribution in [0.25, 0.3) is 0 Å². The van der Waals surface area contributed by atoms with Crippen molar-refractivity contribution < 1.29 is 9.90 Å². The van der Waals surface area contributed by atoms with Gasteiger partial charge in [-0.25, -0.2) is 0 Å². The van der Waals surface area contributed by atoms with E-state index in [1.165, 1.54) is 13.8 Å². The molecule has 0 aliphatic rings. The molecule has 1 unspecified atom stereocenters. The molecule has 1 atom stereocenters. The summed E-state index contributed by atoms with van der Waals surface area (Å²) in [6, 6.07) is 2.79. The fourth-order valence-corrected chi connectivity index (χ4v) is 0.285. The molecule has 0 bridgehead atoms. The predicted octanol–water partition coefficient (Wildman–Crippen LogP) is 1.11. The summed E-state index contributed by atoms with van der Waals surface area (Å²) in [5.41, 5.74) is 5.16. The van der Waals surface area contributed by atoms with Crippen molar-refractivity contribution in [3.63, 3.8) is 0 Å². The Bertz CT molecular complexity index is 201. The second-order valence-corrected chi connectivity index (χ2v) is 2.56. The molecule has 0 aromatic heterocycles. The van der Waals surface area contributed by atoms with Gasteiger partial charge in [0.1, 0.15) is 6.04 Å². The van der Waals surface area contributed by atoms with Crippen molar-refractivity contribution in [2.45, 2.75) is 33.7 Å². The van der Waals surface area contributed by atoms with Crippen LogP contribution in [0.2, 0.25) is 0 Å². The van der Waals surface area contributed by atoms with Gasteiger partial charge in [0, 0.05) is 13.8 Å². The van der Waals surface area contributed by atoms with Crippen molar-refractivity contribution in [1.29, 1.82) is 10.5 Å². The van der Waals surface area contributed by atoms with Crippen LogP contribution in [0.4, 0.5) is 0 Å². The molecule has 0 radical (unpaired) electrons. The summed E-state index contributed by atoms with van der Waals surface area (Å²) in [6.07, 6.45) is 0. The number of nitrogens with zero attached hydrogens (tertiary/aromatic N) is 2. The summed E-state index contributed by atoms with van der Waals surface area (Å²) in [6.45, 7) is 6.41. The molecule has 0 aromatic carbocycles.